The quantitative estimate of drug-likeness (QED) is 0.718. The van der Waals surface area contributed by atoms with Crippen LogP contribution in [-0.2, 0) is 27.5 Å². The van der Waals surface area contributed by atoms with Gasteiger partial charge in [-0.15, -0.1) is 0 Å². The van der Waals surface area contributed by atoms with Crippen molar-refractivity contribution in [3.05, 3.63) is 71.8 Å². The average Bonchev–Trinajstić information content (AvgIpc) is 2.67. The van der Waals surface area contributed by atoms with Crippen molar-refractivity contribution in [2.45, 2.75) is 46.0 Å². The van der Waals surface area contributed by atoms with Gasteiger partial charge in [-0.05, 0) is 30.9 Å². The maximum atomic E-state index is 13.0. The monoisotopic (exact) mass is 352 g/mol. The molecule has 3 nitrogen and oxygen atoms in total. The van der Waals surface area contributed by atoms with E-state index in [1.165, 1.54) is 0 Å². The molecule has 3 rings (SSSR count). The van der Waals surface area contributed by atoms with Gasteiger partial charge in [0.05, 0.1) is 31.3 Å². The fourth-order valence-electron chi connectivity index (χ4n) is 3.73. The van der Waals surface area contributed by atoms with E-state index in [4.69, 9.17) is 9.47 Å². The Labute approximate surface area is 156 Å². The molecule has 0 heterocycles. The summed E-state index contributed by atoms with van der Waals surface area (Å²) in [6.07, 6.45) is 1.67. The van der Waals surface area contributed by atoms with Gasteiger partial charge in [0.1, 0.15) is 5.78 Å². The fraction of sp³-hybridized carbons (Fsp3) is 0.435. The third-order valence-electron chi connectivity index (χ3n) is 5.39. The minimum absolute atomic E-state index is 0.0666. The Morgan fingerprint density at radius 1 is 0.923 bits per heavy atom. The summed E-state index contributed by atoms with van der Waals surface area (Å²) >= 11 is 0. The van der Waals surface area contributed by atoms with Crippen molar-refractivity contribution in [3.63, 3.8) is 0 Å². The maximum absolute atomic E-state index is 13.0. The van der Waals surface area contributed by atoms with Crippen LogP contribution in [0, 0.1) is 11.3 Å². The summed E-state index contributed by atoms with van der Waals surface area (Å²) in [5.74, 6) is 0.326. The van der Waals surface area contributed by atoms with Gasteiger partial charge in [0.15, 0.2) is 0 Å². The normalized spacial score (nSPS) is 26.0. The predicted molar refractivity (Wildman–Crippen MR) is 103 cm³/mol. The van der Waals surface area contributed by atoms with E-state index in [0.29, 0.717) is 19.8 Å². The van der Waals surface area contributed by atoms with Crippen molar-refractivity contribution in [1.29, 1.82) is 0 Å². The van der Waals surface area contributed by atoms with Gasteiger partial charge < -0.3 is 9.47 Å². The minimum atomic E-state index is -0.596. The van der Waals surface area contributed by atoms with E-state index in [-0.39, 0.29) is 17.8 Å². The van der Waals surface area contributed by atoms with Crippen LogP contribution in [0.15, 0.2) is 60.7 Å². The minimum Gasteiger partial charge on any atom is -0.376 e. The molecule has 138 valence electrons. The Morgan fingerprint density at radius 3 is 2.12 bits per heavy atom. The number of ether oxygens (including phenoxy) is 2. The topological polar surface area (TPSA) is 35.5 Å². The van der Waals surface area contributed by atoms with Crippen LogP contribution in [0.2, 0.25) is 0 Å². The number of hydrogen-bond acceptors (Lipinski definition) is 3. The third kappa shape index (κ3) is 4.40. The first-order valence-electron chi connectivity index (χ1n) is 9.41. The van der Waals surface area contributed by atoms with Crippen LogP contribution in [0.4, 0.5) is 0 Å². The largest absolute Gasteiger partial charge is 0.376 e. The zero-order chi connectivity index (χ0) is 18.4. The highest BCUT2D eigenvalue weighted by Crippen LogP contribution is 2.39. The van der Waals surface area contributed by atoms with Crippen molar-refractivity contribution in [1.82, 2.24) is 0 Å². The van der Waals surface area contributed by atoms with E-state index in [1.807, 2.05) is 62.4 Å². The number of rotatable bonds is 7. The van der Waals surface area contributed by atoms with Gasteiger partial charge in [0, 0.05) is 5.92 Å². The van der Waals surface area contributed by atoms with Crippen LogP contribution >= 0.6 is 0 Å². The zero-order valence-electron chi connectivity index (χ0n) is 15.7. The second kappa shape index (κ2) is 8.61. The summed E-state index contributed by atoms with van der Waals surface area (Å²) in [5, 5.41) is 0. The first-order valence-corrected chi connectivity index (χ1v) is 9.41. The van der Waals surface area contributed by atoms with Gasteiger partial charge in [0.25, 0.3) is 0 Å². The molecule has 0 saturated heterocycles. The molecule has 1 aliphatic carbocycles. The lowest BCUT2D eigenvalue weighted by atomic mass is 9.68. The molecule has 0 aromatic heterocycles. The molecule has 0 amide bonds. The van der Waals surface area contributed by atoms with Crippen LogP contribution in [0.3, 0.4) is 0 Å². The van der Waals surface area contributed by atoms with Gasteiger partial charge in [-0.25, -0.2) is 0 Å². The van der Waals surface area contributed by atoms with Crippen LogP contribution < -0.4 is 0 Å². The number of hydrogen-bond donors (Lipinski definition) is 0. The number of carbonyl (C=O) groups excluding carboxylic acids is 1. The van der Waals surface area contributed by atoms with E-state index in [9.17, 15) is 4.79 Å². The number of benzene rings is 2. The lowest BCUT2D eigenvalue weighted by Crippen LogP contribution is -2.50. The van der Waals surface area contributed by atoms with Gasteiger partial charge >= 0.3 is 0 Å². The lowest BCUT2D eigenvalue weighted by molar-refractivity contribution is -0.158. The molecule has 2 aromatic carbocycles. The molecule has 0 spiro atoms. The van der Waals surface area contributed by atoms with Crippen molar-refractivity contribution in [2.24, 2.45) is 11.3 Å². The number of carbonyl (C=O) groups is 1. The molecular formula is C23H28O3. The third-order valence-corrected chi connectivity index (χ3v) is 5.39. The molecule has 3 heteroatoms. The summed E-state index contributed by atoms with van der Waals surface area (Å²) in [6, 6.07) is 20.2. The predicted octanol–water partition coefficient (Wildman–Crippen LogP) is 4.79. The molecule has 1 unspecified atom stereocenters. The van der Waals surface area contributed by atoms with Crippen LogP contribution in [0.5, 0.6) is 0 Å². The van der Waals surface area contributed by atoms with Crippen molar-refractivity contribution < 1.29 is 14.3 Å². The molecule has 0 aliphatic heterocycles. The van der Waals surface area contributed by atoms with E-state index < -0.39 is 5.41 Å². The first kappa shape index (κ1) is 18.8. The molecule has 26 heavy (non-hydrogen) atoms. The highest BCUT2D eigenvalue weighted by atomic mass is 16.5. The molecule has 0 bridgehead atoms. The zero-order valence-corrected chi connectivity index (χ0v) is 15.7. The van der Waals surface area contributed by atoms with Crippen LogP contribution in [-0.4, -0.2) is 18.5 Å². The highest BCUT2D eigenvalue weighted by molar-refractivity contribution is 5.88. The van der Waals surface area contributed by atoms with Crippen LogP contribution in [0.1, 0.15) is 37.8 Å². The van der Waals surface area contributed by atoms with Gasteiger partial charge in [-0.1, -0.05) is 67.6 Å². The number of Topliss-reactive ketones (excluding diaryl/α,β-unsaturated/α-hetero) is 1. The standard InChI is InChI=1S/C23H28O3/c1-18-13-14-21(26-16-20-11-7-4-8-12-20)23(2,22(18)24)17-25-15-19-9-5-3-6-10-19/h3-12,18,21H,13-17H2,1-2H3/t18?,21-,23-/m0/s1. The lowest BCUT2D eigenvalue weighted by Gasteiger charge is -2.42. The fourth-order valence-corrected chi connectivity index (χ4v) is 3.73. The highest BCUT2D eigenvalue weighted by Gasteiger charge is 2.47. The van der Waals surface area contributed by atoms with Gasteiger partial charge in [-0.2, -0.15) is 0 Å². The van der Waals surface area contributed by atoms with Crippen LogP contribution in [0.25, 0.3) is 0 Å². The molecule has 0 N–H and O–H groups in total. The molecule has 3 atom stereocenters. The second-order valence-electron chi connectivity index (χ2n) is 7.52. The maximum Gasteiger partial charge on any atom is 0.146 e. The molecule has 1 saturated carbocycles. The summed E-state index contributed by atoms with van der Waals surface area (Å²) in [7, 11) is 0. The second-order valence-corrected chi connectivity index (χ2v) is 7.52. The van der Waals surface area contributed by atoms with Crippen molar-refractivity contribution in [3.8, 4) is 0 Å². The summed E-state index contributed by atoms with van der Waals surface area (Å²) in [6.45, 7) is 5.46. The Balaban J connectivity index is 1.64. The van der Waals surface area contributed by atoms with E-state index in [1.54, 1.807) is 0 Å². The van der Waals surface area contributed by atoms with E-state index in [2.05, 4.69) is 12.1 Å². The Hall–Kier alpha value is -1.97. The SMILES string of the molecule is CC1CC[C@H](OCc2ccccc2)[C@](C)(COCc2ccccc2)C1=O. The summed E-state index contributed by atoms with van der Waals surface area (Å²) < 4.78 is 12.2. The van der Waals surface area contributed by atoms with Crippen molar-refractivity contribution >= 4 is 5.78 Å². The summed E-state index contributed by atoms with van der Waals surface area (Å²) in [5.41, 5.74) is 1.65. The van der Waals surface area contributed by atoms with E-state index >= 15 is 0 Å². The Kier molecular flexibility index (Phi) is 6.23. The van der Waals surface area contributed by atoms with Crippen molar-refractivity contribution in [2.75, 3.05) is 6.61 Å². The summed E-state index contributed by atoms with van der Waals surface area (Å²) in [4.78, 5) is 13.0. The molecular weight excluding hydrogens is 324 g/mol. The molecule has 2 aromatic rings. The number of ketones is 1. The molecule has 1 aliphatic rings. The molecule has 0 radical (unpaired) electrons. The average molecular weight is 352 g/mol. The Morgan fingerprint density at radius 2 is 1.50 bits per heavy atom. The van der Waals surface area contributed by atoms with Gasteiger partial charge in [0.2, 0.25) is 0 Å². The molecule has 1 fully saturated rings. The smallest absolute Gasteiger partial charge is 0.146 e. The van der Waals surface area contributed by atoms with Gasteiger partial charge in [-0.3, -0.25) is 4.79 Å². The Bertz CT molecular complexity index is 698. The first-order chi connectivity index (χ1) is 12.6. The van der Waals surface area contributed by atoms with E-state index in [0.717, 1.165) is 24.0 Å².